The highest BCUT2D eigenvalue weighted by Gasteiger charge is 2.26. The zero-order valence-electron chi connectivity index (χ0n) is 14.0. The van der Waals surface area contributed by atoms with Crippen molar-refractivity contribution >= 4 is 44.2 Å². The predicted molar refractivity (Wildman–Crippen MR) is 99.8 cm³/mol. The monoisotopic (exact) mass is 387 g/mol. The van der Waals surface area contributed by atoms with Gasteiger partial charge in [-0.15, -0.1) is 0 Å². The molecule has 0 N–H and O–H groups in total. The number of carbonyl (C=O) groups excluding carboxylic acids is 1. The molecule has 0 unspecified atom stereocenters. The highest BCUT2D eigenvalue weighted by Crippen LogP contribution is 2.36. The number of hydrogen-bond donors (Lipinski definition) is 0. The van der Waals surface area contributed by atoms with E-state index in [0.717, 1.165) is 15.8 Å². The van der Waals surface area contributed by atoms with Crippen molar-refractivity contribution in [2.24, 2.45) is 0 Å². The third-order valence-corrected chi connectivity index (χ3v) is 5.43. The molecule has 6 nitrogen and oxygen atoms in total. The van der Waals surface area contributed by atoms with Crippen molar-refractivity contribution < 1.29 is 13.7 Å². The summed E-state index contributed by atoms with van der Waals surface area (Å²) in [5.41, 5.74) is 2.41. The van der Waals surface area contributed by atoms with Gasteiger partial charge in [0, 0.05) is 6.07 Å². The highest BCUT2D eigenvalue weighted by atomic mass is 35.5. The third kappa shape index (κ3) is 3.00. The standard InChI is InChI=1S/C18H14ClN3O3S/c1-10-5-6-13(19)16-15(10)20-18(26-16)22(9-12-4-3-7-24-12)17(23)14-8-11(2)21-25-14/h3-8H,9H2,1-2H3. The Morgan fingerprint density at radius 1 is 1.31 bits per heavy atom. The van der Waals surface area contributed by atoms with Crippen molar-refractivity contribution in [1.82, 2.24) is 10.1 Å². The molecule has 26 heavy (non-hydrogen) atoms. The number of halogens is 1. The zero-order chi connectivity index (χ0) is 18.3. The van der Waals surface area contributed by atoms with Gasteiger partial charge in [0.25, 0.3) is 5.91 Å². The smallest absolute Gasteiger partial charge is 0.299 e. The fourth-order valence-electron chi connectivity index (χ4n) is 2.59. The Labute approximate surface area is 158 Å². The van der Waals surface area contributed by atoms with Crippen molar-refractivity contribution in [3.8, 4) is 0 Å². The first-order chi connectivity index (χ1) is 12.5. The summed E-state index contributed by atoms with van der Waals surface area (Å²) in [5, 5.41) is 4.92. The van der Waals surface area contributed by atoms with Crippen LogP contribution in [-0.2, 0) is 6.54 Å². The van der Waals surface area contributed by atoms with Gasteiger partial charge in [0.1, 0.15) is 5.76 Å². The summed E-state index contributed by atoms with van der Waals surface area (Å²) < 4.78 is 11.4. The molecular weight excluding hydrogens is 374 g/mol. The van der Waals surface area contributed by atoms with Crippen molar-refractivity contribution in [1.29, 1.82) is 0 Å². The average molecular weight is 388 g/mol. The van der Waals surface area contributed by atoms with Crippen LogP contribution >= 0.6 is 22.9 Å². The van der Waals surface area contributed by atoms with E-state index in [1.807, 2.05) is 19.1 Å². The molecule has 1 aromatic carbocycles. The Morgan fingerprint density at radius 2 is 2.15 bits per heavy atom. The molecule has 0 saturated heterocycles. The van der Waals surface area contributed by atoms with Gasteiger partial charge in [-0.25, -0.2) is 4.98 Å². The van der Waals surface area contributed by atoms with Gasteiger partial charge in [0.2, 0.25) is 5.76 Å². The van der Waals surface area contributed by atoms with E-state index in [1.165, 1.54) is 16.2 Å². The number of aromatic nitrogens is 2. The Hall–Kier alpha value is -2.64. The lowest BCUT2D eigenvalue weighted by atomic mass is 10.2. The lowest BCUT2D eigenvalue weighted by Crippen LogP contribution is -2.29. The highest BCUT2D eigenvalue weighted by molar-refractivity contribution is 7.23. The van der Waals surface area contributed by atoms with Crippen LogP contribution in [0.15, 0.2) is 45.5 Å². The fraction of sp³-hybridized carbons (Fsp3) is 0.167. The summed E-state index contributed by atoms with van der Waals surface area (Å²) in [4.78, 5) is 19.2. The van der Waals surface area contributed by atoms with Gasteiger partial charge < -0.3 is 8.94 Å². The maximum atomic E-state index is 13.0. The Bertz CT molecular complexity index is 1050. The van der Waals surface area contributed by atoms with Gasteiger partial charge in [0.05, 0.1) is 33.7 Å². The van der Waals surface area contributed by atoms with Crippen LogP contribution in [0.5, 0.6) is 0 Å². The van der Waals surface area contributed by atoms with Crippen molar-refractivity contribution in [2.45, 2.75) is 20.4 Å². The van der Waals surface area contributed by atoms with Crippen molar-refractivity contribution in [3.05, 3.63) is 64.4 Å². The molecule has 3 aromatic heterocycles. The lowest BCUT2D eigenvalue weighted by molar-refractivity contribution is 0.0947. The normalized spacial score (nSPS) is 11.2. The molecule has 0 fully saturated rings. The van der Waals surface area contributed by atoms with Crippen LogP contribution in [0, 0.1) is 13.8 Å². The van der Waals surface area contributed by atoms with E-state index in [1.54, 1.807) is 31.4 Å². The molecule has 0 aliphatic carbocycles. The second-order valence-corrected chi connectivity index (χ2v) is 7.23. The largest absolute Gasteiger partial charge is 0.467 e. The predicted octanol–water partition coefficient (Wildman–Crippen LogP) is 4.99. The topological polar surface area (TPSA) is 72.4 Å². The number of furan rings is 1. The summed E-state index contributed by atoms with van der Waals surface area (Å²) in [5.74, 6) is 0.447. The molecule has 0 saturated carbocycles. The van der Waals surface area contributed by atoms with E-state index in [2.05, 4.69) is 10.1 Å². The quantitative estimate of drug-likeness (QED) is 0.493. The van der Waals surface area contributed by atoms with Crippen LogP contribution in [0.2, 0.25) is 5.02 Å². The van der Waals surface area contributed by atoms with Gasteiger partial charge in [0.15, 0.2) is 5.13 Å². The molecule has 1 amide bonds. The Morgan fingerprint density at radius 3 is 2.81 bits per heavy atom. The summed E-state index contributed by atoms with van der Waals surface area (Å²) in [7, 11) is 0. The Kier molecular flexibility index (Phi) is 4.26. The summed E-state index contributed by atoms with van der Waals surface area (Å²) >= 11 is 7.67. The number of fused-ring (bicyclic) bond motifs is 1. The van der Waals surface area contributed by atoms with Crippen molar-refractivity contribution in [3.63, 3.8) is 0 Å². The van der Waals surface area contributed by atoms with Crippen LogP contribution in [0.3, 0.4) is 0 Å². The second-order valence-electron chi connectivity index (χ2n) is 5.84. The minimum Gasteiger partial charge on any atom is -0.467 e. The summed E-state index contributed by atoms with van der Waals surface area (Å²) in [6, 6.07) is 8.92. The molecule has 0 aliphatic rings. The maximum absolute atomic E-state index is 13.0. The molecule has 0 atom stereocenters. The van der Waals surface area contributed by atoms with E-state index < -0.39 is 0 Å². The molecule has 4 aromatic rings. The van der Waals surface area contributed by atoms with Crippen LogP contribution < -0.4 is 4.90 Å². The first-order valence-electron chi connectivity index (χ1n) is 7.86. The van der Waals surface area contributed by atoms with Gasteiger partial charge >= 0.3 is 0 Å². The minimum atomic E-state index is -0.338. The third-order valence-electron chi connectivity index (χ3n) is 3.89. The number of hydrogen-bond acceptors (Lipinski definition) is 6. The summed E-state index contributed by atoms with van der Waals surface area (Å²) in [6.45, 7) is 3.95. The number of benzene rings is 1. The molecule has 0 bridgehead atoms. The summed E-state index contributed by atoms with van der Waals surface area (Å²) in [6.07, 6.45) is 1.57. The number of rotatable bonds is 4. The van der Waals surface area contributed by atoms with E-state index in [-0.39, 0.29) is 18.2 Å². The number of anilines is 1. The lowest BCUT2D eigenvalue weighted by Gasteiger charge is -2.16. The van der Waals surface area contributed by atoms with E-state index >= 15 is 0 Å². The van der Waals surface area contributed by atoms with E-state index in [4.69, 9.17) is 20.5 Å². The molecule has 0 radical (unpaired) electrons. The first-order valence-corrected chi connectivity index (χ1v) is 9.05. The zero-order valence-corrected chi connectivity index (χ0v) is 15.6. The van der Waals surface area contributed by atoms with Gasteiger partial charge in [-0.3, -0.25) is 9.69 Å². The molecule has 132 valence electrons. The molecular formula is C18H14ClN3O3S. The van der Waals surface area contributed by atoms with Gasteiger partial charge in [-0.1, -0.05) is 34.2 Å². The maximum Gasteiger partial charge on any atom is 0.299 e. The molecule has 3 heterocycles. The fourth-order valence-corrected chi connectivity index (χ4v) is 3.90. The first kappa shape index (κ1) is 16.8. The average Bonchev–Trinajstić information content (AvgIpc) is 3.35. The minimum absolute atomic E-state index is 0.149. The molecule has 4 rings (SSSR count). The number of aryl methyl sites for hydroxylation is 2. The van der Waals surface area contributed by atoms with Gasteiger partial charge in [-0.2, -0.15) is 0 Å². The molecule has 8 heteroatoms. The van der Waals surface area contributed by atoms with Crippen LogP contribution in [0.4, 0.5) is 5.13 Å². The van der Waals surface area contributed by atoms with Crippen molar-refractivity contribution in [2.75, 3.05) is 4.90 Å². The van der Waals surface area contributed by atoms with Crippen LogP contribution in [0.25, 0.3) is 10.2 Å². The number of carbonyl (C=O) groups is 1. The van der Waals surface area contributed by atoms with Crippen LogP contribution in [0.1, 0.15) is 27.6 Å². The number of amides is 1. The van der Waals surface area contributed by atoms with Crippen LogP contribution in [-0.4, -0.2) is 16.0 Å². The Balaban J connectivity index is 1.81. The number of nitrogens with zero attached hydrogens (tertiary/aromatic N) is 3. The van der Waals surface area contributed by atoms with E-state index in [0.29, 0.717) is 21.6 Å². The second kappa shape index (κ2) is 6.59. The number of thiazole rings is 1. The SMILES string of the molecule is Cc1cc(C(=O)N(Cc2ccco2)c2nc3c(C)ccc(Cl)c3s2)on1. The van der Waals surface area contributed by atoms with E-state index in [9.17, 15) is 4.79 Å². The van der Waals surface area contributed by atoms with Gasteiger partial charge in [-0.05, 0) is 37.6 Å². The molecule has 0 aliphatic heterocycles. The molecule has 0 spiro atoms.